The second kappa shape index (κ2) is 12.8. The van der Waals surface area contributed by atoms with Crippen molar-refractivity contribution in [3.63, 3.8) is 0 Å². The summed E-state index contributed by atoms with van der Waals surface area (Å²) in [6, 6.07) is 0. The molecule has 3 heterocycles. The van der Waals surface area contributed by atoms with Crippen molar-refractivity contribution in [1.82, 2.24) is 0 Å². The first kappa shape index (κ1) is 33.1. The van der Waals surface area contributed by atoms with E-state index in [-0.39, 0.29) is 18.7 Å². The average molecular weight is 579 g/mol. The fourth-order valence-electron chi connectivity index (χ4n) is 4.26. The molecule has 0 aromatic heterocycles. The molecule has 3 aliphatic rings. The minimum Gasteiger partial charge on any atom is -0.461 e. The summed E-state index contributed by atoms with van der Waals surface area (Å²) in [5.74, 6) is 4.81. The molecule has 0 saturated carbocycles. The number of carbonyl (C=O) groups excluding carboxylic acids is 3. The van der Waals surface area contributed by atoms with Crippen LogP contribution in [-0.4, -0.2) is 78.6 Å². The summed E-state index contributed by atoms with van der Waals surface area (Å²) in [7, 11) is 0. The van der Waals surface area contributed by atoms with Gasteiger partial charge in [0.25, 0.3) is 0 Å². The first-order valence-electron chi connectivity index (χ1n) is 14.3. The summed E-state index contributed by atoms with van der Waals surface area (Å²) < 4.78 is 35.0. The van der Waals surface area contributed by atoms with Gasteiger partial charge in [-0.05, 0) is 80.9 Å². The quantitative estimate of drug-likeness (QED) is 0.217. The summed E-state index contributed by atoms with van der Waals surface area (Å²) in [6.45, 7) is 15.5. The van der Waals surface area contributed by atoms with E-state index in [1.54, 1.807) is 74.5 Å². The van der Waals surface area contributed by atoms with Gasteiger partial charge in [0.2, 0.25) is 6.29 Å². The largest absolute Gasteiger partial charge is 0.461 e. The lowest BCUT2D eigenvalue weighted by Gasteiger charge is -2.47. The van der Waals surface area contributed by atoms with Crippen molar-refractivity contribution in [2.75, 3.05) is 6.61 Å². The average Bonchev–Trinajstić information content (AvgIpc) is 3.06. The maximum atomic E-state index is 12.6. The van der Waals surface area contributed by atoms with E-state index in [0.29, 0.717) is 19.3 Å². The third-order valence-corrected chi connectivity index (χ3v) is 6.82. The van der Waals surface area contributed by atoms with E-state index in [1.807, 2.05) is 0 Å². The van der Waals surface area contributed by atoms with Gasteiger partial charge in [-0.15, -0.1) is 0 Å². The van der Waals surface area contributed by atoms with Crippen LogP contribution in [0, 0.1) is 28.1 Å². The zero-order valence-electron chi connectivity index (χ0n) is 25.7. The van der Waals surface area contributed by atoms with Gasteiger partial charge in [0, 0.05) is 12.8 Å². The van der Waals surface area contributed by atoms with Crippen LogP contribution >= 0.6 is 0 Å². The Morgan fingerprint density at radius 1 is 0.854 bits per heavy atom. The molecule has 1 unspecified atom stereocenters. The highest BCUT2D eigenvalue weighted by atomic mass is 16.7. The van der Waals surface area contributed by atoms with Crippen LogP contribution < -0.4 is 0 Å². The van der Waals surface area contributed by atoms with Crippen molar-refractivity contribution in [3.05, 3.63) is 12.2 Å². The van der Waals surface area contributed by atoms with Gasteiger partial charge in [0.1, 0.15) is 31.0 Å². The summed E-state index contributed by atoms with van der Waals surface area (Å²) in [4.78, 5) is 37.3. The molecule has 2 fully saturated rings. The molecule has 3 rings (SSSR count). The molecule has 0 aromatic rings. The van der Waals surface area contributed by atoms with Crippen molar-refractivity contribution in [2.24, 2.45) is 16.2 Å². The van der Waals surface area contributed by atoms with Crippen LogP contribution in [0.2, 0.25) is 0 Å². The highest BCUT2D eigenvalue weighted by Crippen LogP contribution is 2.36. The summed E-state index contributed by atoms with van der Waals surface area (Å²) in [5, 5.41) is 11.3. The van der Waals surface area contributed by atoms with Crippen LogP contribution in [0.15, 0.2) is 12.2 Å². The molecule has 0 amide bonds. The van der Waals surface area contributed by atoms with Crippen molar-refractivity contribution in [1.29, 1.82) is 0 Å². The number of aliphatic hydroxyl groups excluding tert-OH is 1. The lowest BCUT2D eigenvalue weighted by Crippen LogP contribution is -2.62. The molecule has 41 heavy (non-hydrogen) atoms. The number of fused-ring (bicyclic) bond motifs is 2. The number of carbonyl (C=O) groups is 3. The molecule has 8 atom stereocenters. The minimum atomic E-state index is -1.06. The van der Waals surface area contributed by atoms with Gasteiger partial charge >= 0.3 is 17.9 Å². The number of hydrogen-bond acceptors (Lipinski definition) is 10. The normalized spacial score (nSPS) is 31.0. The number of hydrogen-bond donors (Lipinski definition) is 1. The highest BCUT2D eigenvalue weighted by Gasteiger charge is 2.50. The zero-order valence-corrected chi connectivity index (χ0v) is 25.7. The molecule has 3 aliphatic heterocycles. The van der Waals surface area contributed by atoms with E-state index in [4.69, 9.17) is 28.4 Å². The van der Waals surface area contributed by atoms with Crippen molar-refractivity contribution in [2.45, 2.75) is 131 Å². The van der Waals surface area contributed by atoms with Crippen LogP contribution in [0.25, 0.3) is 0 Å². The molecule has 10 nitrogen and oxygen atoms in total. The third kappa shape index (κ3) is 9.02. The molecule has 0 spiro atoms. The number of esters is 3. The Morgan fingerprint density at radius 3 is 2.07 bits per heavy atom. The lowest BCUT2D eigenvalue weighted by atomic mass is 9.89. The predicted molar refractivity (Wildman–Crippen MR) is 148 cm³/mol. The van der Waals surface area contributed by atoms with Crippen molar-refractivity contribution < 1.29 is 47.9 Å². The Bertz CT molecular complexity index is 1050. The van der Waals surface area contributed by atoms with Gasteiger partial charge in [-0.3, -0.25) is 14.4 Å². The lowest BCUT2D eigenvalue weighted by molar-refractivity contribution is -0.302. The van der Waals surface area contributed by atoms with E-state index in [2.05, 4.69) is 11.8 Å². The van der Waals surface area contributed by atoms with Crippen molar-refractivity contribution in [3.8, 4) is 11.8 Å². The molecule has 1 N–H and O–H groups in total. The van der Waals surface area contributed by atoms with E-state index in [0.717, 1.165) is 0 Å². The zero-order chi connectivity index (χ0) is 30.8. The summed E-state index contributed by atoms with van der Waals surface area (Å²) in [6.07, 6.45) is -1.29. The van der Waals surface area contributed by atoms with Crippen LogP contribution in [0.4, 0.5) is 0 Å². The Balaban J connectivity index is 1.69. The Labute approximate surface area is 243 Å². The molecule has 0 radical (unpaired) electrons. The molecule has 230 valence electrons. The fourth-order valence-corrected chi connectivity index (χ4v) is 4.26. The maximum Gasteiger partial charge on any atom is 0.313 e. The second-order valence-corrected chi connectivity index (χ2v) is 13.9. The standard InChI is InChI=1S/C31H46O10/c1-29(2,3)26(33)36-17-19(38-27(34)30(4,5)6)14-13-18-11-10-12-20-24(37-18)23(32)25-21(39-20)15-16-22(40-25)41-28(35)31(7,8)9/h13-14,18-25,32H,12,15-17H2,1-9H3/t18-,19+,20+,21-,22?,23-,24+,25-/m1/s1. The molecule has 0 aliphatic carbocycles. The van der Waals surface area contributed by atoms with Crippen LogP contribution in [0.3, 0.4) is 0 Å². The van der Waals surface area contributed by atoms with Crippen molar-refractivity contribution >= 4 is 17.9 Å². The Kier molecular flexibility index (Phi) is 10.3. The summed E-state index contributed by atoms with van der Waals surface area (Å²) in [5.41, 5.74) is -2.16. The van der Waals surface area contributed by atoms with Gasteiger partial charge in [-0.1, -0.05) is 11.8 Å². The van der Waals surface area contributed by atoms with Crippen LogP contribution in [0.1, 0.15) is 81.6 Å². The first-order chi connectivity index (χ1) is 18.9. The molecule has 0 bridgehead atoms. The molecule has 10 heteroatoms. The monoisotopic (exact) mass is 578 g/mol. The van der Waals surface area contributed by atoms with E-state index in [9.17, 15) is 19.5 Å². The number of rotatable bonds is 6. The predicted octanol–water partition coefficient (Wildman–Crippen LogP) is 3.47. The molecular formula is C31H46O10. The topological polar surface area (TPSA) is 127 Å². The van der Waals surface area contributed by atoms with Gasteiger partial charge in [0.05, 0.1) is 28.5 Å². The molecule has 0 aromatic carbocycles. The summed E-state index contributed by atoms with van der Waals surface area (Å²) >= 11 is 0. The highest BCUT2D eigenvalue weighted by molar-refractivity contribution is 5.76. The minimum absolute atomic E-state index is 0.168. The Morgan fingerprint density at radius 2 is 1.46 bits per heavy atom. The van der Waals surface area contributed by atoms with Crippen LogP contribution in [0.5, 0.6) is 0 Å². The molecule has 2 saturated heterocycles. The smallest absolute Gasteiger partial charge is 0.313 e. The number of ether oxygens (including phenoxy) is 6. The first-order valence-corrected chi connectivity index (χ1v) is 14.3. The van der Waals surface area contributed by atoms with Gasteiger partial charge in [-0.25, -0.2) is 0 Å². The second-order valence-electron chi connectivity index (χ2n) is 13.9. The molecular weight excluding hydrogens is 532 g/mol. The maximum absolute atomic E-state index is 12.6. The third-order valence-electron chi connectivity index (χ3n) is 6.82. The van der Waals surface area contributed by atoms with E-state index in [1.165, 1.54) is 0 Å². The van der Waals surface area contributed by atoms with Gasteiger partial charge in [0.15, 0.2) is 6.10 Å². The SMILES string of the molecule is CC(C)(C)C(=O)OC[C@H](C=C[C@H]1C#CC[C@@H]2O[C@@H]3CCC(OC(=O)C(C)(C)C)O[C@H]3[C@H](O)[C@H]2O1)OC(=O)C(C)(C)C. The van der Waals surface area contributed by atoms with Gasteiger partial charge < -0.3 is 33.5 Å². The van der Waals surface area contributed by atoms with E-state index < -0.39 is 71.1 Å². The number of aliphatic hydroxyl groups is 1. The van der Waals surface area contributed by atoms with Crippen LogP contribution in [-0.2, 0) is 42.8 Å². The van der Waals surface area contributed by atoms with Gasteiger partial charge in [-0.2, -0.15) is 0 Å². The fraction of sp³-hybridized carbons (Fsp3) is 0.774. The Hall–Kier alpha value is -2.45. The van der Waals surface area contributed by atoms with E-state index >= 15 is 0 Å².